The van der Waals surface area contributed by atoms with Crippen LogP contribution in [-0.4, -0.2) is 51.2 Å². The van der Waals surface area contributed by atoms with Crippen molar-refractivity contribution < 1.29 is 9.53 Å². The molecule has 1 atom stereocenters. The number of nitrogens with zero attached hydrogens (tertiary/aromatic N) is 1. The highest BCUT2D eigenvalue weighted by Crippen LogP contribution is 1.94. The van der Waals surface area contributed by atoms with Crippen molar-refractivity contribution in [1.82, 2.24) is 10.2 Å². The van der Waals surface area contributed by atoms with E-state index in [9.17, 15) is 4.79 Å². The topological polar surface area (TPSA) is 41.6 Å². The van der Waals surface area contributed by atoms with E-state index in [1.54, 1.807) is 6.92 Å². The molecule has 0 heterocycles. The van der Waals surface area contributed by atoms with Gasteiger partial charge < -0.3 is 15.0 Å². The van der Waals surface area contributed by atoms with Crippen molar-refractivity contribution in [1.29, 1.82) is 0 Å². The maximum Gasteiger partial charge on any atom is 0.333 e. The van der Waals surface area contributed by atoms with Gasteiger partial charge in [0.15, 0.2) is 0 Å². The molecule has 0 aromatic rings. The molecule has 88 valence electrons. The van der Waals surface area contributed by atoms with Crippen LogP contribution in [0.2, 0.25) is 0 Å². The average molecular weight is 214 g/mol. The summed E-state index contributed by atoms with van der Waals surface area (Å²) >= 11 is 0. The molecule has 1 N–H and O–H groups in total. The molecular weight excluding hydrogens is 192 g/mol. The van der Waals surface area contributed by atoms with Crippen molar-refractivity contribution in [2.45, 2.75) is 19.9 Å². The molecule has 0 spiro atoms. The van der Waals surface area contributed by atoms with E-state index in [0.717, 1.165) is 6.54 Å². The monoisotopic (exact) mass is 214 g/mol. The minimum absolute atomic E-state index is 0.267. The van der Waals surface area contributed by atoms with Gasteiger partial charge in [-0.05, 0) is 27.9 Å². The molecule has 1 unspecified atom stereocenters. The van der Waals surface area contributed by atoms with Gasteiger partial charge in [-0.15, -0.1) is 0 Å². The molecule has 0 rings (SSSR count). The number of hydrogen-bond donors (Lipinski definition) is 1. The highest BCUT2D eigenvalue weighted by atomic mass is 16.5. The lowest BCUT2D eigenvalue weighted by atomic mass is 10.2. The highest BCUT2D eigenvalue weighted by Gasteiger charge is 2.03. The Morgan fingerprint density at radius 3 is 2.60 bits per heavy atom. The Morgan fingerprint density at radius 2 is 2.13 bits per heavy atom. The number of carbonyl (C=O) groups is 1. The van der Waals surface area contributed by atoms with Crippen molar-refractivity contribution in [3.05, 3.63) is 11.6 Å². The summed E-state index contributed by atoms with van der Waals surface area (Å²) in [5, 5.41) is 3.30. The van der Waals surface area contributed by atoms with Gasteiger partial charge in [0, 0.05) is 24.7 Å². The summed E-state index contributed by atoms with van der Waals surface area (Å²) < 4.78 is 4.59. The Morgan fingerprint density at radius 1 is 1.53 bits per heavy atom. The summed E-state index contributed by atoms with van der Waals surface area (Å²) in [6, 6.07) is 0.404. The highest BCUT2D eigenvalue weighted by molar-refractivity contribution is 5.87. The Kier molecular flexibility index (Phi) is 6.99. The van der Waals surface area contributed by atoms with Crippen LogP contribution in [-0.2, 0) is 9.53 Å². The number of likely N-dealkylation sites (N-methyl/N-ethyl adjacent to an activating group) is 1. The molecule has 4 nitrogen and oxygen atoms in total. The molecule has 0 aliphatic rings. The second kappa shape index (κ2) is 7.43. The fourth-order valence-electron chi connectivity index (χ4n) is 1.27. The first-order chi connectivity index (χ1) is 6.97. The smallest absolute Gasteiger partial charge is 0.333 e. The van der Waals surface area contributed by atoms with Crippen molar-refractivity contribution in [2.75, 3.05) is 34.3 Å². The standard InChI is InChI=1S/C11H22N2O2/c1-9(11(14)15-5)6-7-12-10(2)8-13(3)4/h6,10,12H,7-8H2,1-5H3. The summed E-state index contributed by atoms with van der Waals surface area (Å²) in [5.41, 5.74) is 0.641. The zero-order valence-electron chi connectivity index (χ0n) is 10.3. The van der Waals surface area contributed by atoms with Crippen LogP contribution in [0.25, 0.3) is 0 Å². The lowest BCUT2D eigenvalue weighted by Crippen LogP contribution is -2.35. The SMILES string of the molecule is COC(=O)C(C)=CCNC(C)CN(C)C. The van der Waals surface area contributed by atoms with Gasteiger partial charge in [0.05, 0.1) is 7.11 Å². The van der Waals surface area contributed by atoms with E-state index in [0.29, 0.717) is 18.2 Å². The fraction of sp³-hybridized carbons (Fsp3) is 0.727. The first-order valence-electron chi connectivity index (χ1n) is 5.10. The molecule has 0 amide bonds. The normalized spacial score (nSPS) is 14.1. The summed E-state index contributed by atoms with van der Waals surface area (Å²) in [4.78, 5) is 13.2. The first-order valence-corrected chi connectivity index (χ1v) is 5.10. The molecule has 0 saturated heterocycles. The molecule has 0 bridgehead atoms. The van der Waals surface area contributed by atoms with Gasteiger partial charge in [-0.3, -0.25) is 0 Å². The number of nitrogens with one attached hydrogen (secondary N) is 1. The van der Waals surface area contributed by atoms with Gasteiger partial charge in [-0.25, -0.2) is 4.79 Å². The fourth-order valence-corrected chi connectivity index (χ4v) is 1.27. The van der Waals surface area contributed by atoms with Crippen LogP contribution in [0.3, 0.4) is 0 Å². The number of hydrogen-bond acceptors (Lipinski definition) is 4. The van der Waals surface area contributed by atoms with E-state index < -0.39 is 0 Å². The molecule has 0 radical (unpaired) electrons. The minimum atomic E-state index is -0.267. The third-order valence-electron chi connectivity index (χ3n) is 2.02. The molecule has 0 fully saturated rings. The third-order valence-corrected chi connectivity index (χ3v) is 2.02. The van der Waals surface area contributed by atoms with Gasteiger partial charge in [0.1, 0.15) is 0 Å². The summed E-state index contributed by atoms with van der Waals surface area (Å²) in [7, 11) is 5.46. The van der Waals surface area contributed by atoms with E-state index in [2.05, 4.69) is 21.9 Å². The molecule has 0 aromatic carbocycles. The van der Waals surface area contributed by atoms with Crippen LogP contribution in [0.4, 0.5) is 0 Å². The molecule has 15 heavy (non-hydrogen) atoms. The maximum absolute atomic E-state index is 11.0. The second-order valence-corrected chi connectivity index (χ2v) is 3.95. The number of carbonyl (C=O) groups excluding carboxylic acids is 1. The van der Waals surface area contributed by atoms with Gasteiger partial charge in [0.25, 0.3) is 0 Å². The van der Waals surface area contributed by atoms with Crippen molar-refractivity contribution in [2.24, 2.45) is 0 Å². The van der Waals surface area contributed by atoms with Gasteiger partial charge in [-0.2, -0.15) is 0 Å². The summed E-state index contributed by atoms with van der Waals surface area (Å²) in [6.45, 7) is 5.53. The Labute approximate surface area is 92.3 Å². The Bertz CT molecular complexity index is 225. The largest absolute Gasteiger partial charge is 0.466 e. The van der Waals surface area contributed by atoms with E-state index >= 15 is 0 Å². The van der Waals surface area contributed by atoms with Gasteiger partial charge in [-0.1, -0.05) is 6.08 Å². The van der Waals surface area contributed by atoms with Crippen molar-refractivity contribution in [3.63, 3.8) is 0 Å². The first kappa shape index (κ1) is 14.1. The predicted octanol–water partition coefficient (Wildman–Crippen LogP) is 0.645. The molecule has 0 aromatic heterocycles. The van der Waals surface area contributed by atoms with E-state index in [-0.39, 0.29) is 5.97 Å². The number of rotatable bonds is 6. The van der Waals surface area contributed by atoms with Crippen LogP contribution < -0.4 is 5.32 Å². The zero-order chi connectivity index (χ0) is 11.8. The Hall–Kier alpha value is -0.870. The predicted molar refractivity (Wildman–Crippen MR) is 61.8 cm³/mol. The molecule has 0 aliphatic heterocycles. The number of esters is 1. The van der Waals surface area contributed by atoms with Crippen LogP contribution in [0.15, 0.2) is 11.6 Å². The van der Waals surface area contributed by atoms with Crippen molar-refractivity contribution in [3.8, 4) is 0 Å². The second-order valence-electron chi connectivity index (χ2n) is 3.95. The van der Waals surface area contributed by atoms with E-state index in [1.165, 1.54) is 7.11 Å². The van der Waals surface area contributed by atoms with Crippen molar-refractivity contribution >= 4 is 5.97 Å². The Balaban J connectivity index is 3.81. The van der Waals surface area contributed by atoms with Crippen LogP contribution >= 0.6 is 0 Å². The summed E-state index contributed by atoms with van der Waals surface area (Å²) in [6.07, 6.45) is 1.85. The summed E-state index contributed by atoms with van der Waals surface area (Å²) in [5.74, 6) is -0.267. The molecule has 0 aliphatic carbocycles. The molecular formula is C11H22N2O2. The van der Waals surface area contributed by atoms with Gasteiger partial charge >= 0.3 is 5.97 Å². The molecule has 0 saturated carbocycles. The average Bonchev–Trinajstić information content (AvgIpc) is 2.15. The van der Waals surface area contributed by atoms with Crippen LogP contribution in [0.5, 0.6) is 0 Å². The maximum atomic E-state index is 11.0. The van der Waals surface area contributed by atoms with Gasteiger partial charge in [0.2, 0.25) is 0 Å². The van der Waals surface area contributed by atoms with Crippen LogP contribution in [0, 0.1) is 0 Å². The zero-order valence-corrected chi connectivity index (χ0v) is 10.3. The quantitative estimate of drug-likeness (QED) is 0.520. The lowest BCUT2D eigenvalue weighted by molar-refractivity contribution is -0.136. The van der Waals surface area contributed by atoms with Crippen LogP contribution in [0.1, 0.15) is 13.8 Å². The van der Waals surface area contributed by atoms with E-state index in [1.807, 2.05) is 20.2 Å². The number of methoxy groups -OCH3 is 1. The number of ether oxygens (including phenoxy) is 1. The van der Waals surface area contributed by atoms with E-state index in [4.69, 9.17) is 0 Å². The lowest BCUT2D eigenvalue weighted by Gasteiger charge is -2.17. The third kappa shape index (κ3) is 7.11. The molecule has 4 heteroatoms. The minimum Gasteiger partial charge on any atom is -0.466 e.